The molecule has 0 spiro atoms. The zero-order chi connectivity index (χ0) is 12.7. The summed E-state index contributed by atoms with van der Waals surface area (Å²) in [5.74, 6) is -0.402. The number of esters is 1. The number of hydrogen-bond donors (Lipinski definition) is 1. The largest absolute Gasteiger partial charge is 0.460 e. The summed E-state index contributed by atoms with van der Waals surface area (Å²) in [7, 11) is 0. The van der Waals surface area contributed by atoms with Crippen molar-refractivity contribution >= 4 is 34.2 Å². The lowest BCUT2D eigenvalue weighted by Crippen LogP contribution is -2.13. The van der Waals surface area contributed by atoms with E-state index in [2.05, 4.69) is 22.6 Å². The van der Waals surface area contributed by atoms with E-state index in [1.54, 1.807) is 12.1 Å². The summed E-state index contributed by atoms with van der Waals surface area (Å²) in [5.41, 5.74) is 6.55. The molecule has 0 fully saturated rings. The fraction of sp³-hybridized carbons (Fsp3) is 0.417. The van der Waals surface area contributed by atoms with E-state index in [4.69, 9.17) is 15.2 Å². The number of anilines is 1. The van der Waals surface area contributed by atoms with Crippen molar-refractivity contribution in [3.63, 3.8) is 0 Å². The molecule has 0 saturated carbocycles. The van der Waals surface area contributed by atoms with E-state index in [-0.39, 0.29) is 6.61 Å². The second-order valence-corrected chi connectivity index (χ2v) is 4.73. The third-order valence-electron chi connectivity index (χ3n) is 2.04. The van der Waals surface area contributed by atoms with Gasteiger partial charge in [0.25, 0.3) is 0 Å². The van der Waals surface area contributed by atoms with Crippen LogP contribution < -0.4 is 5.73 Å². The molecule has 0 saturated heterocycles. The topological polar surface area (TPSA) is 61.5 Å². The van der Waals surface area contributed by atoms with Crippen LogP contribution in [0.25, 0.3) is 0 Å². The number of carbonyl (C=O) groups excluding carboxylic acids is 1. The summed E-state index contributed by atoms with van der Waals surface area (Å²) in [4.78, 5) is 11.7. The number of benzene rings is 1. The minimum Gasteiger partial charge on any atom is -0.460 e. The van der Waals surface area contributed by atoms with Gasteiger partial charge in [-0.3, -0.25) is 0 Å². The van der Waals surface area contributed by atoms with Crippen LogP contribution in [0.1, 0.15) is 23.7 Å². The SMILES string of the molecule is CCCOCCOC(=O)c1cc(I)ccc1N. The Morgan fingerprint density at radius 2 is 2.12 bits per heavy atom. The van der Waals surface area contributed by atoms with Gasteiger partial charge >= 0.3 is 5.97 Å². The van der Waals surface area contributed by atoms with Gasteiger partial charge in [-0.25, -0.2) is 4.79 Å². The highest BCUT2D eigenvalue weighted by Gasteiger charge is 2.11. The van der Waals surface area contributed by atoms with Crippen LogP contribution in [0.3, 0.4) is 0 Å². The van der Waals surface area contributed by atoms with Crippen molar-refractivity contribution < 1.29 is 14.3 Å². The highest BCUT2D eigenvalue weighted by molar-refractivity contribution is 14.1. The molecule has 0 radical (unpaired) electrons. The Bertz CT molecular complexity index is 382. The number of nitrogens with two attached hydrogens (primary N) is 1. The summed E-state index contributed by atoms with van der Waals surface area (Å²) in [6, 6.07) is 5.26. The van der Waals surface area contributed by atoms with Crippen LogP contribution in [0, 0.1) is 3.57 Å². The molecule has 0 aliphatic rings. The first-order valence-electron chi connectivity index (χ1n) is 5.45. The van der Waals surface area contributed by atoms with E-state index >= 15 is 0 Å². The first-order chi connectivity index (χ1) is 8.15. The van der Waals surface area contributed by atoms with Gasteiger partial charge in [-0.1, -0.05) is 6.92 Å². The maximum Gasteiger partial charge on any atom is 0.340 e. The van der Waals surface area contributed by atoms with E-state index in [0.717, 1.165) is 9.99 Å². The van der Waals surface area contributed by atoms with Gasteiger partial charge in [-0.05, 0) is 47.2 Å². The minimum atomic E-state index is -0.402. The summed E-state index contributed by atoms with van der Waals surface area (Å²) in [5, 5.41) is 0. The predicted molar refractivity (Wildman–Crippen MR) is 75.0 cm³/mol. The quantitative estimate of drug-likeness (QED) is 0.371. The van der Waals surface area contributed by atoms with Crippen molar-refractivity contribution in [1.82, 2.24) is 0 Å². The lowest BCUT2D eigenvalue weighted by Gasteiger charge is -2.07. The molecule has 0 unspecified atom stereocenters. The number of rotatable bonds is 6. The second kappa shape index (κ2) is 7.50. The summed E-state index contributed by atoms with van der Waals surface area (Å²) >= 11 is 2.12. The Morgan fingerprint density at radius 1 is 1.35 bits per heavy atom. The van der Waals surface area contributed by atoms with E-state index in [0.29, 0.717) is 24.5 Å². The molecule has 2 N–H and O–H groups in total. The van der Waals surface area contributed by atoms with Crippen LogP contribution in [0.4, 0.5) is 5.69 Å². The molecule has 1 rings (SSSR count). The molecule has 0 aliphatic carbocycles. The molecule has 5 heteroatoms. The predicted octanol–water partition coefficient (Wildman–Crippen LogP) is 2.46. The fourth-order valence-corrected chi connectivity index (χ4v) is 1.71. The zero-order valence-electron chi connectivity index (χ0n) is 9.74. The fourth-order valence-electron chi connectivity index (χ4n) is 1.22. The van der Waals surface area contributed by atoms with Crippen LogP contribution >= 0.6 is 22.6 Å². The van der Waals surface area contributed by atoms with Gasteiger partial charge in [-0.15, -0.1) is 0 Å². The average Bonchev–Trinajstić information content (AvgIpc) is 2.32. The molecule has 0 aromatic heterocycles. The maximum absolute atomic E-state index is 11.7. The van der Waals surface area contributed by atoms with Gasteiger partial charge in [0.05, 0.1) is 12.2 Å². The third kappa shape index (κ3) is 4.91. The van der Waals surface area contributed by atoms with Crippen molar-refractivity contribution in [2.24, 2.45) is 0 Å². The first-order valence-corrected chi connectivity index (χ1v) is 6.53. The Kier molecular flexibility index (Phi) is 6.28. The van der Waals surface area contributed by atoms with Crippen molar-refractivity contribution in [2.45, 2.75) is 13.3 Å². The molecule has 0 aliphatic heterocycles. The molecule has 0 heterocycles. The van der Waals surface area contributed by atoms with Crippen molar-refractivity contribution in [1.29, 1.82) is 0 Å². The number of nitrogen functional groups attached to an aromatic ring is 1. The van der Waals surface area contributed by atoms with E-state index in [9.17, 15) is 4.79 Å². The normalized spacial score (nSPS) is 10.2. The minimum absolute atomic E-state index is 0.254. The lowest BCUT2D eigenvalue weighted by atomic mass is 10.2. The number of ether oxygens (including phenoxy) is 2. The zero-order valence-corrected chi connectivity index (χ0v) is 11.9. The van der Waals surface area contributed by atoms with Crippen molar-refractivity contribution in [3.05, 3.63) is 27.3 Å². The molecule has 1 aromatic carbocycles. The molecule has 94 valence electrons. The summed E-state index contributed by atoms with van der Waals surface area (Å²) in [6.45, 7) is 3.38. The smallest absolute Gasteiger partial charge is 0.340 e. The standard InChI is InChI=1S/C12H16INO3/c1-2-5-16-6-7-17-12(15)10-8-9(13)3-4-11(10)14/h3-4,8H,2,5-7,14H2,1H3. The summed E-state index contributed by atoms with van der Waals surface area (Å²) < 4.78 is 11.2. The maximum atomic E-state index is 11.7. The molecular formula is C12H16INO3. The summed E-state index contributed by atoms with van der Waals surface area (Å²) in [6.07, 6.45) is 0.956. The van der Waals surface area contributed by atoms with Gasteiger partial charge in [0.15, 0.2) is 0 Å². The van der Waals surface area contributed by atoms with Gasteiger partial charge in [0.1, 0.15) is 6.61 Å². The average molecular weight is 349 g/mol. The molecule has 4 nitrogen and oxygen atoms in total. The van der Waals surface area contributed by atoms with Gasteiger partial charge < -0.3 is 15.2 Å². The number of halogens is 1. The highest BCUT2D eigenvalue weighted by Crippen LogP contribution is 2.16. The van der Waals surface area contributed by atoms with Crippen LogP contribution in [0.15, 0.2) is 18.2 Å². The second-order valence-electron chi connectivity index (χ2n) is 3.48. The van der Waals surface area contributed by atoms with Crippen LogP contribution in [0.2, 0.25) is 0 Å². The lowest BCUT2D eigenvalue weighted by molar-refractivity contribution is 0.0319. The molecule has 1 aromatic rings. The van der Waals surface area contributed by atoms with Crippen LogP contribution in [0.5, 0.6) is 0 Å². The van der Waals surface area contributed by atoms with Crippen LogP contribution in [-0.2, 0) is 9.47 Å². The molecule has 0 atom stereocenters. The van der Waals surface area contributed by atoms with E-state index in [1.165, 1.54) is 0 Å². The first kappa shape index (κ1) is 14.2. The van der Waals surface area contributed by atoms with Crippen LogP contribution in [-0.4, -0.2) is 25.8 Å². The van der Waals surface area contributed by atoms with Gasteiger partial charge in [0.2, 0.25) is 0 Å². The van der Waals surface area contributed by atoms with Gasteiger partial charge in [-0.2, -0.15) is 0 Å². The molecule has 0 amide bonds. The Hall–Kier alpha value is -0.820. The molecule has 0 bridgehead atoms. The van der Waals surface area contributed by atoms with Crippen molar-refractivity contribution in [3.8, 4) is 0 Å². The monoisotopic (exact) mass is 349 g/mol. The Balaban J connectivity index is 2.44. The number of hydrogen-bond acceptors (Lipinski definition) is 4. The number of carbonyl (C=O) groups is 1. The van der Waals surface area contributed by atoms with Crippen molar-refractivity contribution in [2.75, 3.05) is 25.6 Å². The van der Waals surface area contributed by atoms with Gasteiger partial charge in [0, 0.05) is 15.9 Å². The molecular weight excluding hydrogens is 333 g/mol. The third-order valence-corrected chi connectivity index (χ3v) is 2.72. The highest BCUT2D eigenvalue weighted by atomic mass is 127. The van der Waals surface area contributed by atoms with E-state index < -0.39 is 5.97 Å². The Morgan fingerprint density at radius 3 is 2.82 bits per heavy atom. The molecule has 17 heavy (non-hydrogen) atoms. The Labute approximate surface area is 115 Å². The van der Waals surface area contributed by atoms with E-state index in [1.807, 2.05) is 13.0 Å².